The monoisotopic (exact) mass is 722 g/mol. The Morgan fingerprint density at radius 2 is 0.784 bits per heavy atom. The van der Waals surface area contributed by atoms with Crippen molar-refractivity contribution in [2.75, 3.05) is 46.2 Å². The fourth-order valence-electron chi connectivity index (χ4n) is 7.09. The standard InChI is InChI=1S/C42H79N3O6/c1(4-10-16-22-28-39-36-47-39)7-13-19-25-31-46-42-34-44(50-32-26-20-14-8-2-5-11-17-23-29-40-37-48-40)43-45(35-42)51-33-27-21-15-9-3-6-12-18-24-30-41-38-49-41/h34,39-41,43H,1-33,35-38H2. The van der Waals surface area contributed by atoms with E-state index in [0.29, 0.717) is 38.1 Å². The van der Waals surface area contributed by atoms with E-state index in [4.69, 9.17) is 28.6 Å². The van der Waals surface area contributed by atoms with E-state index in [1.54, 1.807) is 10.3 Å². The number of nitrogens with one attached hydrogen (secondary N) is 1. The molecule has 0 aliphatic carbocycles. The highest BCUT2D eigenvalue weighted by molar-refractivity contribution is 4.94. The second-order valence-electron chi connectivity index (χ2n) is 15.9. The van der Waals surface area contributed by atoms with Gasteiger partial charge < -0.3 is 18.9 Å². The molecule has 3 fully saturated rings. The summed E-state index contributed by atoms with van der Waals surface area (Å²) in [5.74, 6) is 0.902. The zero-order valence-electron chi connectivity index (χ0n) is 32.8. The Labute approximate surface area is 313 Å². The van der Waals surface area contributed by atoms with Crippen LogP contribution in [0.15, 0.2) is 12.0 Å². The van der Waals surface area contributed by atoms with Gasteiger partial charge in [0, 0.05) is 0 Å². The van der Waals surface area contributed by atoms with Gasteiger partial charge in [0.1, 0.15) is 12.3 Å². The number of ether oxygens (including phenoxy) is 4. The summed E-state index contributed by atoms with van der Waals surface area (Å²) < 4.78 is 22.2. The summed E-state index contributed by atoms with van der Waals surface area (Å²) in [5.41, 5.74) is 3.27. The summed E-state index contributed by atoms with van der Waals surface area (Å²) in [6.07, 6.45) is 42.8. The normalized spacial score (nSPS) is 21.3. The quantitative estimate of drug-likeness (QED) is 0.0492. The van der Waals surface area contributed by atoms with E-state index >= 15 is 0 Å². The van der Waals surface area contributed by atoms with Crippen LogP contribution in [-0.2, 0) is 28.6 Å². The third-order valence-corrected chi connectivity index (χ3v) is 10.8. The molecule has 0 amide bonds. The number of nitrogens with zero attached hydrogens (tertiary/aromatic N) is 2. The Morgan fingerprint density at radius 1 is 0.451 bits per heavy atom. The first-order valence-electron chi connectivity index (χ1n) is 22.1. The minimum atomic E-state index is 0.591. The van der Waals surface area contributed by atoms with Gasteiger partial charge in [-0.2, -0.15) is 5.17 Å². The second-order valence-corrected chi connectivity index (χ2v) is 15.9. The van der Waals surface area contributed by atoms with E-state index in [0.717, 1.165) is 51.4 Å². The number of hydrazine groups is 2. The Kier molecular flexibility index (Phi) is 24.7. The average Bonchev–Trinajstić information content (AvgIpc) is 3.98. The molecule has 0 radical (unpaired) electrons. The fourth-order valence-corrected chi connectivity index (χ4v) is 7.09. The predicted octanol–water partition coefficient (Wildman–Crippen LogP) is 10.6. The number of unbranched alkanes of at least 4 members (excludes halogenated alkanes) is 24. The third-order valence-electron chi connectivity index (χ3n) is 10.8. The van der Waals surface area contributed by atoms with Gasteiger partial charge in [-0.3, -0.25) is 9.68 Å². The third kappa shape index (κ3) is 25.7. The molecule has 9 heteroatoms. The van der Waals surface area contributed by atoms with Crippen molar-refractivity contribution in [3.63, 3.8) is 0 Å². The molecule has 0 saturated carbocycles. The lowest BCUT2D eigenvalue weighted by molar-refractivity contribution is -0.306. The molecule has 3 unspecified atom stereocenters. The van der Waals surface area contributed by atoms with Gasteiger partial charge in [0.05, 0.1) is 64.2 Å². The minimum Gasteiger partial charge on any atom is -0.495 e. The summed E-state index contributed by atoms with van der Waals surface area (Å²) in [4.78, 5) is 12.2. The maximum absolute atomic E-state index is 6.24. The SMILES string of the molecule is C1=C(OCCCCCCCCCCCC2CO2)CN(OCCCCCCCCCCCC2CO2)NN1OCCCCCCCCCCCC1CO1. The maximum Gasteiger partial charge on any atom is 0.134 e. The molecule has 4 aliphatic heterocycles. The van der Waals surface area contributed by atoms with Crippen LogP contribution in [0.2, 0.25) is 0 Å². The van der Waals surface area contributed by atoms with Gasteiger partial charge in [0.2, 0.25) is 0 Å². The summed E-state index contributed by atoms with van der Waals surface area (Å²) in [5, 5.41) is 3.48. The zero-order chi connectivity index (χ0) is 35.3. The summed E-state index contributed by atoms with van der Waals surface area (Å²) in [6.45, 7) is 5.76. The van der Waals surface area contributed by atoms with Gasteiger partial charge in [-0.1, -0.05) is 159 Å². The number of rotatable bonds is 39. The molecule has 4 aliphatic rings. The van der Waals surface area contributed by atoms with Crippen molar-refractivity contribution >= 4 is 0 Å². The summed E-state index contributed by atoms with van der Waals surface area (Å²) >= 11 is 0. The van der Waals surface area contributed by atoms with Crippen molar-refractivity contribution in [2.24, 2.45) is 0 Å². The molecule has 3 atom stereocenters. The molecule has 0 bridgehead atoms. The Bertz CT molecular complexity index is 837. The first kappa shape index (κ1) is 42.8. The van der Waals surface area contributed by atoms with Crippen LogP contribution >= 0.6 is 0 Å². The molecule has 0 aromatic heterocycles. The van der Waals surface area contributed by atoms with Gasteiger partial charge in [-0.25, -0.2) is 0 Å². The van der Waals surface area contributed by atoms with Gasteiger partial charge >= 0.3 is 0 Å². The number of hydroxylamine groups is 2. The van der Waals surface area contributed by atoms with E-state index in [9.17, 15) is 0 Å². The Balaban J connectivity index is 0.987. The lowest BCUT2D eigenvalue weighted by Crippen LogP contribution is -2.51. The van der Waals surface area contributed by atoms with E-state index in [1.807, 2.05) is 6.20 Å². The predicted molar refractivity (Wildman–Crippen MR) is 205 cm³/mol. The second kappa shape index (κ2) is 29.4. The first-order valence-corrected chi connectivity index (χ1v) is 22.1. The van der Waals surface area contributed by atoms with Gasteiger partial charge in [-0.05, 0) is 38.5 Å². The average molecular weight is 722 g/mol. The highest BCUT2D eigenvalue weighted by Gasteiger charge is 2.23. The zero-order valence-corrected chi connectivity index (χ0v) is 32.8. The molecular formula is C42H79N3O6. The number of epoxide rings is 3. The summed E-state index contributed by atoms with van der Waals surface area (Å²) in [6, 6.07) is 0. The molecular weight excluding hydrogens is 642 g/mol. The van der Waals surface area contributed by atoms with Crippen molar-refractivity contribution < 1.29 is 28.6 Å². The van der Waals surface area contributed by atoms with Crippen LogP contribution in [-0.4, -0.2) is 74.8 Å². The lowest BCUT2D eigenvalue weighted by atomic mass is 10.1. The van der Waals surface area contributed by atoms with Crippen LogP contribution in [0.3, 0.4) is 0 Å². The van der Waals surface area contributed by atoms with E-state index < -0.39 is 0 Å². The molecule has 4 rings (SSSR count). The fraction of sp³-hybridized carbons (Fsp3) is 0.952. The van der Waals surface area contributed by atoms with Crippen molar-refractivity contribution in [1.29, 1.82) is 0 Å². The number of hydrogen-bond donors (Lipinski definition) is 1. The van der Waals surface area contributed by atoms with Crippen LogP contribution in [0.5, 0.6) is 0 Å². The maximum atomic E-state index is 6.24. The van der Waals surface area contributed by atoms with Crippen LogP contribution in [0.4, 0.5) is 0 Å². The van der Waals surface area contributed by atoms with Crippen molar-refractivity contribution in [1.82, 2.24) is 15.9 Å². The van der Waals surface area contributed by atoms with Gasteiger partial charge in [0.15, 0.2) is 0 Å². The molecule has 298 valence electrons. The van der Waals surface area contributed by atoms with Gasteiger partial charge in [0.25, 0.3) is 0 Å². The van der Waals surface area contributed by atoms with Crippen LogP contribution in [0, 0.1) is 0 Å². The van der Waals surface area contributed by atoms with Crippen LogP contribution in [0.1, 0.15) is 193 Å². The van der Waals surface area contributed by atoms with Crippen LogP contribution in [0.25, 0.3) is 0 Å². The highest BCUT2D eigenvalue weighted by Crippen LogP contribution is 2.21. The molecule has 0 aromatic carbocycles. The molecule has 51 heavy (non-hydrogen) atoms. The molecule has 0 spiro atoms. The van der Waals surface area contributed by atoms with Crippen molar-refractivity contribution in [3.8, 4) is 0 Å². The molecule has 1 N–H and O–H groups in total. The molecule has 4 heterocycles. The largest absolute Gasteiger partial charge is 0.495 e. The topological polar surface area (TPSA) is 83.8 Å². The highest BCUT2D eigenvalue weighted by atomic mass is 16.8. The first-order chi connectivity index (χ1) is 25.3. The summed E-state index contributed by atoms with van der Waals surface area (Å²) in [7, 11) is 0. The molecule has 0 aromatic rings. The minimum absolute atomic E-state index is 0.591. The molecule has 9 nitrogen and oxygen atoms in total. The van der Waals surface area contributed by atoms with Crippen molar-refractivity contribution in [3.05, 3.63) is 12.0 Å². The van der Waals surface area contributed by atoms with E-state index in [-0.39, 0.29) is 0 Å². The number of hydrogen-bond acceptors (Lipinski definition) is 9. The van der Waals surface area contributed by atoms with Crippen LogP contribution < -0.4 is 5.53 Å². The smallest absolute Gasteiger partial charge is 0.134 e. The van der Waals surface area contributed by atoms with E-state index in [2.05, 4.69) is 5.53 Å². The Morgan fingerprint density at radius 3 is 1.18 bits per heavy atom. The van der Waals surface area contributed by atoms with E-state index in [1.165, 1.54) is 173 Å². The molecule has 3 saturated heterocycles. The van der Waals surface area contributed by atoms with Gasteiger partial charge in [-0.15, -0.1) is 5.53 Å². The Hall–Kier alpha value is -0.940. The lowest BCUT2D eigenvalue weighted by Gasteiger charge is -2.33. The van der Waals surface area contributed by atoms with Crippen molar-refractivity contribution in [2.45, 2.75) is 211 Å².